The topological polar surface area (TPSA) is 36.4 Å². The lowest BCUT2D eigenvalue weighted by atomic mass is 10.2. The highest BCUT2D eigenvalue weighted by Crippen LogP contribution is 2.20. The van der Waals surface area contributed by atoms with Crippen LogP contribution in [0.15, 0.2) is 30.2 Å². The van der Waals surface area contributed by atoms with Crippen molar-refractivity contribution >= 4 is 29.3 Å². The molecule has 1 amide bonds. The maximum absolute atomic E-state index is 11.8. The molecule has 0 radical (unpaired) electrons. The third-order valence-corrected chi connectivity index (χ3v) is 3.02. The predicted octanol–water partition coefficient (Wildman–Crippen LogP) is 1.11. The van der Waals surface area contributed by atoms with Crippen molar-refractivity contribution in [3.63, 3.8) is 0 Å². The van der Waals surface area contributed by atoms with Crippen LogP contribution in [0.5, 0.6) is 0 Å². The molecule has 2 heterocycles. The fraction of sp³-hybridized carbons (Fsp3) is 0.182. The molecule has 0 spiro atoms. The van der Waals surface area contributed by atoms with Crippen molar-refractivity contribution in [2.75, 3.05) is 14.1 Å². The Morgan fingerprint density at radius 1 is 1.25 bits per heavy atom. The largest absolute Gasteiger partial charge is 0.317 e. The van der Waals surface area contributed by atoms with Gasteiger partial charge >= 0.3 is 0 Å². The maximum Gasteiger partial charge on any atom is 0.276 e. The summed E-state index contributed by atoms with van der Waals surface area (Å²) in [4.78, 5) is 18.9. The predicted molar refractivity (Wildman–Crippen MR) is 65.3 cm³/mol. The highest BCUT2D eigenvalue weighted by molar-refractivity contribution is 7.80. The monoisotopic (exact) mass is 233 g/mol. The molecule has 0 aliphatic carbocycles. The van der Waals surface area contributed by atoms with Crippen LogP contribution in [0.1, 0.15) is 5.56 Å². The van der Waals surface area contributed by atoms with Crippen LogP contribution in [-0.4, -0.2) is 39.9 Å². The van der Waals surface area contributed by atoms with Crippen LogP contribution in [0.25, 0.3) is 6.08 Å². The quantitative estimate of drug-likeness (QED) is 0.538. The number of pyridine rings is 1. The SMILES string of the molecule is CN1C(=O)/C(=C\c2ccncc2)N(C)C1=S. The normalized spacial score (nSPS) is 18.8. The van der Waals surface area contributed by atoms with Crippen molar-refractivity contribution < 1.29 is 4.79 Å². The summed E-state index contributed by atoms with van der Waals surface area (Å²) in [5.41, 5.74) is 1.52. The van der Waals surface area contributed by atoms with Gasteiger partial charge in [-0.3, -0.25) is 14.7 Å². The van der Waals surface area contributed by atoms with E-state index >= 15 is 0 Å². The van der Waals surface area contributed by atoms with Crippen molar-refractivity contribution in [2.45, 2.75) is 0 Å². The third kappa shape index (κ3) is 1.69. The Bertz CT molecular complexity index is 469. The summed E-state index contributed by atoms with van der Waals surface area (Å²) >= 11 is 5.11. The van der Waals surface area contributed by atoms with Gasteiger partial charge in [0.1, 0.15) is 5.70 Å². The Morgan fingerprint density at radius 3 is 2.38 bits per heavy atom. The molecule has 1 fully saturated rings. The van der Waals surface area contributed by atoms with Gasteiger partial charge in [-0.2, -0.15) is 0 Å². The number of hydrogen-bond donors (Lipinski definition) is 0. The van der Waals surface area contributed by atoms with Gasteiger partial charge in [0, 0.05) is 26.5 Å². The van der Waals surface area contributed by atoms with E-state index in [0.29, 0.717) is 10.8 Å². The van der Waals surface area contributed by atoms with E-state index in [1.807, 2.05) is 12.1 Å². The summed E-state index contributed by atoms with van der Waals surface area (Å²) in [7, 11) is 3.46. The summed E-state index contributed by atoms with van der Waals surface area (Å²) in [6.07, 6.45) is 5.18. The number of aromatic nitrogens is 1. The minimum absolute atomic E-state index is 0.0793. The zero-order valence-electron chi connectivity index (χ0n) is 9.04. The van der Waals surface area contributed by atoms with E-state index in [1.165, 1.54) is 4.90 Å². The standard InChI is InChI=1S/C11H11N3OS/c1-13-9(10(15)14(2)11(13)16)7-8-3-5-12-6-4-8/h3-7H,1-2H3/b9-7+. The van der Waals surface area contributed by atoms with Crippen LogP contribution >= 0.6 is 12.2 Å². The van der Waals surface area contributed by atoms with E-state index < -0.39 is 0 Å². The van der Waals surface area contributed by atoms with E-state index in [9.17, 15) is 4.79 Å². The van der Waals surface area contributed by atoms with Crippen LogP contribution in [0.2, 0.25) is 0 Å². The van der Waals surface area contributed by atoms with Crippen molar-refractivity contribution in [2.24, 2.45) is 0 Å². The van der Waals surface area contributed by atoms with Gasteiger partial charge in [0.15, 0.2) is 5.11 Å². The Morgan fingerprint density at radius 2 is 1.88 bits per heavy atom. The number of thiocarbonyl (C=S) groups is 1. The maximum atomic E-state index is 11.8. The number of rotatable bonds is 1. The van der Waals surface area contributed by atoms with Gasteiger partial charge in [-0.1, -0.05) is 0 Å². The summed E-state index contributed by atoms with van der Waals surface area (Å²) in [5.74, 6) is -0.0793. The molecule has 82 valence electrons. The average Bonchev–Trinajstić information content (AvgIpc) is 2.48. The summed E-state index contributed by atoms with van der Waals surface area (Å²) < 4.78 is 0. The van der Waals surface area contributed by atoms with Gasteiger partial charge < -0.3 is 4.90 Å². The average molecular weight is 233 g/mol. The highest BCUT2D eigenvalue weighted by Gasteiger charge is 2.32. The van der Waals surface area contributed by atoms with E-state index in [2.05, 4.69) is 4.98 Å². The van der Waals surface area contributed by atoms with Crippen LogP contribution < -0.4 is 0 Å². The first kappa shape index (κ1) is 10.8. The van der Waals surface area contributed by atoms with E-state index in [0.717, 1.165) is 5.56 Å². The number of hydrogen-bond acceptors (Lipinski definition) is 3. The van der Waals surface area contributed by atoms with Gasteiger partial charge in [0.2, 0.25) is 0 Å². The minimum Gasteiger partial charge on any atom is -0.317 e. The second kappa shape index (κ2) is 4.02. The summed E-state index contributed by atoms with van der Waals surface area (Å²) in [6, 6.07) is 3.69. The third-order valence-electron chi connectivity index (χ3n) is 2.47. The molecule has 4 nitrogen and oxygen atoms in total. The highest BCUT2D eigenvalue weighted by atomic mass is 32.1. The molecule has 0 N–H and O–H groups in total. The van der Waals surface area contributed by atoms with Crippen molar-refractivity contribution in [3.8, 4) is 0 Å². The summed E-state index contributed by atoms with van der Waals surface area (Å²) in [6.45, 7) is 0. The minimum atomic E-state index is -0.0793. The molecule has 5 heteroatoms. The first-order valence-corrected chi connectivity index (χ1v) is 5.19. The zero-order chi connectivity index (χ0) is 11.7. The Kier molecular flexibility index (Phi) is 2.70. The molecule has 16 heavy (non-hydrogen) atoms. The second-order valence-corrected chi connectivity index (χ2v) is 3.88. The number of nitrogens with zero attached hydrogens (tertiary/aromatic N) is 3. The van der Waals surface area contributed by atoms with E-state index in [-0.39, 0.29) is 5.91 Å². The lowest BCUT2D eigenvalue weighted by Gasteiger charge is -2.10. The summed E-state index contributed by atoms with van der Waals surface area (Å²) in [5, 5.41) is 0.519. The van der Waals surface area contributed by atoms with Gasteiger partial charge in [-0.25, -0.2) is 0 Å². The Balaban J connectivity index is 2.39. The Labute approximate surface area is 99.2 Å². The molecule has 1 aromatic rings. The number of likely N-dealkylation sites (N-methyl/N-ethyl adjacent to an activating group) is 2. The number of amides is 1. The lowest BCUT2D eigenvalue weighted by molar-refractivity contribution is -0.121. The molecular formula is C11H11N3OS. The molecule has 0 aromatic carbocycles. The Hall–Kier alpha value is -1.75. The first-order valence-electron chi connectivity index (χ1n) is 4.78. The molecular weight excluding hydrogens is 222 g/mol. The first-order chi connectivity index (χ1) is 7.61. The van der Waals surface area contributed by atoms with Gasteiger partial charge in [0.25, 0.3) is 5.91 Å². The van der Waals surface area contributed by atoms with E-state index in [4.69, 9.17) is 12.2 Å². The fourth-order valence-electron chi connectivity index (χ4n) is 1.51. The molecule has 1 aromatic heterocycles. The van der Waals surface area contributed by atoms with Crippen LogP contribution in [0, 0.1) is 0 Å². The van der Waals surface area contributed by atoms with Crippen LogP contribution in [0.3, 0.4) is 0 Å². The van der Waals surface area contributed by atoms with Crippen molar-refractivity contribution in [1.82, 2.24) is 14.8 Å². The molecule has 0 saturated carbocycles. The van der Waals surface area contributed by atoms with Crippen molar-refractivity contribution in [1.29, 1.82) is 0 Å². The van der Waals surface area contributed by atoms with Gasteiger partial charge in [-0.05, 0) is 36.0 Å². The van der Waals surface area contributed by atoms with Crippen molar-refractivity contribution in [3.05, 3.63) is 35.8 Å². The number of carbonyl (C=O) groups excluding carboxylic acids is 1. The molecule has 0 bridgehead atoms. The molecule has 0 atom stereocenters. The zero-order valence-corrected chi connectivity index (χ0v) is 9.86. The molecule has 2 rings (SSSR count). The van der Waals surface area contributed by atoms with Gasteiger partial charge in [-0.15, -0.1) is 0 Å². The second-order valence-electron chi connectivity index (χ2n) is 3.52. The van der Waals surface area contributed by atoms with Crippen LogP contribution in [0.4, 0.5) is 0 Å². The molecule has 1 aliphatic heterocycles. The lowest BCUT2D eigenvalue weighted by Crippen LogP contribution is -2.26. The van der Waals surface area contributed by atoms with Gasteiger partial charge in [0.05, 0.1) is 0 Å². The molecule has 1 saturated heterocycles. The molecule has 1 aliphatic rings. The van der Waals surface area contributed by atoms with E-state index in [1.54, 1.807) is 37.5 Å². The fourth-order valence-corrected chi connectivity index (χ4v) is 1.69. The smallest absolute Gasteiger partial charge is 0.276 e. The van der Waals surface area contributed by atoms with Crippen LogP contribution in [-0.2, 0) is 4.79 Å². The molecule has 0 unspecified atom stereocenters. The number of carbonyl (C=O) groups is 1.